The van der Waals surface area contributed by atoms with Gasteiger partial charge in [0.15, 0.2) is 0 Å². The van der Waals surface area contributed by atoms with Crippen molar-refractivity contribution in [1.29, 1.82) is 0 Å². The molecule has 0 bridgehead atoms. The third-order valence-corrected chi connectivity index (χ3v) is 9.47. The fourth-order valence-corrected chi connectivity index (χ4v) is 7.31. The molecule has 0 radical (unpaired) electrons. The standard InChI is InChI=1S/C24H33F3N4OS/c1-16(2)22(3,17-4-8-32-9-5-17)31-13-23(14-31)6-7-30(12-23)20-19-10-18(11-24(25,26)27)33-21(19)29-15-28-20/h10,15-17H,4-9,11-14H2,1-3H3. The Kier molecular flexibility index (Phi) is 5.89. The largest absolute Gasteiger partial charge is 0.393 e. The van der Waals surface area contributed by atoms with Crippen LogP contribution in [0.4, 0.5) is 19.0 Å². The highest BCUT2D eigenvalue weighted by atomic mass is 32.1. The lowest BCUT2D eigenvalue weighted by atomic mass is 9.66. The molecular formula is C24H33F3N4OS. The lowest BCUT2D eigenvalue weighted by Crippen LogP contribution is -2.69. The Morgan fingerprint density at radius 1 is 1.18 bits per heavy atom. The second-order valence-corrected chi connectivity index (χ2v) is 11.8. The number of hydrogen-bond acceptors (Lipinski definition) is 6. The van der Waals surface area contributed by atoms with Crippen molar-refractivity contribution in [3.8, 4) is 0 Å². The topological polar surface area (TPSA) is 41.5 Å². The maximum absolute atomic E-state index is 12.9. The molecule has 0 saturated carbocycles. The quantitative estimate of drug-likeness (QED) is 0.590. The average molecular weight is 483 g/mol. The molecule has 5 rings (SSSR count). The molecule has 3 aliphatic heterocycles. The number of likely N-dealkylation sites (tertiary alicyclic amines) is 1. The van der Waals surface area contributed by atoms with E-state index in [9.17, 15) is 13.2 Å². The summed E-state index contributed by atoms with van der Waals surface area (Å²) in [6.45, 7) is 12.8. The van der Waals surface area contributed by atoms with Crippen LogP contribution in [-0.4, -0.2) is 66.0 Å². The van der Waals surface area contributed by atoms with Crippen molar-refractivity contribution in [2.45, 2.75) is 58.2 Å². The number of hydrogen-bond donors (Lipinski definition) is 0. The summed E-state index contributed by atoms with van der Waals surface area (Å²) in [6.07, 6.45) is -0.286. The van der Waals surface area contributed by atoms with E-state index in [1.165, 1.54) is 6.33 Å². The molecule has 2 aromatic heterocycles. The first-order chi connectivity index (χ1) is 15.6. The summed E-state index contributed by atoms with van der Waals surface area (Å²) in [6, 6.07) is 1.64. The van der Waals surface area contributed by atoms with Gasteiger partial charge in [-0.15, -0.1) is 11.3 Å². The third kappa shape index (κ3) is 4.25. The second kappa shape index (κ2) is 8.34. The molecule has 5 nitrogen and oxygen atoms in total. The molecule has 33 heavy (non-hydrogen) atoms. The van der Waals surface area contributed by atoms with E-state index >= 15 is 0 Å². The Bertz CT molecular complexity index is 997. The van der Waals surface area contributed by atoms with E-state index < -0.39 is 12.6 Å². The number of rotatable bonds is 5. The van der Waals surface area contributed by atoms with Crippen molar-refractivity contribution in [3.63, 3.8) is 0 Å². The zero-order valence-electron chi connectivity index (χ0n) is 19.6. The number of alkyl halides is 3. The molecule has 3 saturated heterocycles. The maximum atomic E-state index is 12.9. The number of anilines is 1. The summed E-state index contributed by atoms with van der Waals surface area (Å²) in [5.74, 6) is 2.01. The van der Waals surface area contributed by atoms with E-state index in [-0.39, 0.29) is 11.0 Å². The number of ether oxygens (including phenoxy) is 1. The molecule has 1 unspecified atom stereocenters. The summed E-state index contributed by atoms with van der Waals surface area (Å²) >= 11 is 1.12. The van der Waals surface area contributed by atoms with E-state index in [1.807, 2.05) is 0 Å². The van der Waals surface area contributed by atoms with E-state index in [2.05, 4.69) is 40.5 Å². The van der Waals surface area contributed by atoms with Crippen molar-refractivity contribution in [2.75, 3.05) is 44.3 Å². The Hall–Kier alpha value is -1.45. The number of halogens is 3. The molecule has 0 aliphatic carbocycles. The first kappa shape index (κ1) is 23.3. The highest BCUT2D eigenvalue weighted by Gasteiger charge is 2.55. The van der Waals surface area contributed by atoms with Crippen LogP contribution in [0.1, 0.15) is 44.9 Å². The number of fused-ring (bicyclic) bond motifs is 1. The molecular weight excluding hydrogens is 449 g/mol. The highest BCUT2D eigenvalue weighted by Crippen LogP contribution is 2.49. The van der Waals surface area contributed by atoms with Gasteiger partial charge in [0, 0.05) is 55.2 Å². The monoisotopic (exact) mass is 482 g/mol. The fraction of sp³-hybridized carbons (Fsp3) is 0.750. The van der Waals surface area contributed by atoms with Gasteiger partial charge in [0.1, 0.15) is 17.0 Å². The van der Waals surface area contributed by atoms with Crippen LogP contribution in [0.15, 0.2) is 12.4 Å². The number of thiophene rings is 1. The predicted molar refractivity (Wildman–Crippen MR) is 125 cm³/mol. The van der Waals surface area contributed by atoms with Crippen molar-refractivity contribution >= 4 is 27.4 Å². The highest BCUT2D eigenvalue weighted by molar-refractivity contribution is 7.18. The summed E-state index contributed by atoms with van der Waals surface area (Å²) < 4.78 is 44.3. The Balaban J connectivity index is 1.31. The normalized spacial score (nSPS) is 24.0. The Labute approximate surface area is 197 Å². The molecule has 9 heteroatoms. The van der Waals surface area contributed by atoms with Crippen molar-refractivity contribution in [2.24, 2.45) is 17.3 Å². The minimum Gasteiger partial charge on any atom is -0.381 e. The summed E-state index contributed by atoms with van der Waals surface area (Å²) in [7, 11) is 0. The van der Waals surface area contributed by atoms with Gasteiger partial charge in [0.25, 0.3) is 0 Å². The van der Waals surface area contributed by atoms with Crippen LogP contribution in [-0.2, 0) is 11.2 Å². The molecule has 1 spiro atoms. The number of aromatic nitrogens is 2. The minimum atomic E-state index is -4.21. The van der Waals surface area contributed by atoms with E-state index in [4.69, 9.17) is 4.74 Å². The van der Waals surface area contributed by atoms with Gasteiger partial charge in [-0.25, -0.2) is 9.97 Å². The first-order valence-electron chi connectivity index (χ1n) is 12.0. The van der Waals surface area contributed by atoms with Gasteiger partial charge in [-0.2, -0.15) is 13.2 Å². The fourth-order valence-electron chi connectivity index (χ4n) is 6.28. The number of nitrogens with zero attached hydrogens (tertiary/aromatic N) is 4. The van der Waals surface area contributed by atoms with Crippen LogP contribution in [0.3, 0.4) is 0 Å². The summed E-state index contributed by atoms with van der Waals surface area (Å²) in [4.78, 5) is 14.7. The Morgan fingerprint density at radius 2 is 1.91 bits per heavy atom. The summed E-state index contributed by atoms with van der Waals surface area (Å²) in [5.41, 5.74) is 0.411. The van der Waals surface area contributed by atoms with Crippen LogP contribution < -0.4 is 4.90 Å². The second-order valence-electron chi connectivity index (χ2n) is 10.7. The van der Waals surface area contributed by atoms with Crippen LogP contribution in [0.25, 0.3) is 10.2 Å². The van der Waals surface area contributed by atoms with Crippen molar-refractivity contribution in [3.05, 3.63) is 17.3 Å². The first-order valence-corrected chi connectivity index (χ1v) is 12.8. The Morgan fingerprint density at radius 3 is 2.58 bits per heavy atom. The van der Waals surface area contributed by atoms with E-state index in [1.54, 1.807) is 6.07 Å². The van der Waals surface area contributed by atoms with E-state index in [0.717, 1.165) is 81.2 Å². The molecule has 0 N–H and O–H groups in total. The maximum Gasteiger partial charge on any atom is 0.393 e. The average Bonchev–Trinajstić information content (AvgIpc) is 3.35. The van der Waals surface area contributed by atoms with Gasteiger partial charge < -0.3 is 9.64 Å². The molecule has 5 heterocycles. The third-order valence-electron chi connectivity index (χ3n) is 8.42. The SMILES string of the molecule is CC(C)C(C)(C1CCOCC1)N1CC2(CCN(c3ncnc4sc(CC(F)(F)F)cc34)C2)C1. The lowest BCUT2D eigenvalue weighted by Gasteiger charge is -2.61. The van der Waals surface area contributed by atoms with Crippen molar-refractivity contribution in [1.82, 2.24) is 14.9 Å². The van der Waals surface area contributed by atoms with Crippen LogP contribution in [0.5, 0.6) is 0 Å². The molecule has 1 atom stereocenters. The van der Waals surface area contributed by atoms with Gasteiger partial charge in [0.05, 0.1) is 11.8 Å². The van der Waals surface area contributed by atoms with Crippen molar-refractivity contribution < 1.29 is 17.9 Å². The van der Waals surface area contributed by atoms with Gasteiger partial charge in [-0.3, -0.25) is 4.90 Å². The predicted octanol–water partition coefficient (Wildman–Crippen LogP) is 5.15. The van der Waals surface area contributed by atoms with Gasteiger partial charge >= 0.3 is 6.18 Å². The van der Waals surface area contributed by atoms with Crippen LogP contribution >= 0.6 is 11.3 Å². The molecule has 0 amide bonds. The molecule has 182 valence electrons. The molecule has 0 aromatic carbocycles. The molecule has 3 fully saturated rings. The lowest BCUT2D eigenvalue weighted by molar-refractivity contribution is -0.126. The zero-order chi connectivity index (χ0) is 23.4. The smallest absolute Gasteiger partial charge is 0.381 e. The molecule has 3 aliphatic rings. The van der Waals surface area contributed by atoms with Gasteiger partial charge in [0.2, 0.25) is 0 Å². The minimum absolute atomic E-state index is 0.171. The van der Waals surface area contributed by atoms with Crippen LogP contribution in [0, 0.1) is 17.3 Å². The van der Waals surface area contributed by atoms with Gasteiger partial charge in [-0.05, 0) is 44.1 Å². The van der Waals surface area contributed by atoms with Gasteiger partial charge in [-0.1, -0.05) is 13.8 Å². The van der Waals surface area contributed by atoms with Crippen LogP contribution in [0.2, 0.25) is 0 Å². The zero-order valence-corrected chi connectivity index (χ0v) is 20.4. The summed E-state index contributed by atoms with van der Waals surface area (Å²) in [5, 5.41) is 0.754. The molecule has 2 aromatic rings. The van der Waals surface area contributed by atoms with E-state index in [0.29, 0.717) is 21.5 Å².